The average molecular weight is 753 g/mol. The third kappa shape index (κ3) is 9.37. The summed E-state index contributed by atoms with van der Waals surface area (Å²) >= 11 is 0. The van der Waals surface area contributed by atoms with Crippen LogP contribution < -0.4 is 21.3 Å². The molecule has 7 atom stereocenters. The molecule has 54 heavy (non-hydrogen) atoms. The van der Waals surface area contributed by atoms with Crippen LogP contribution in [0.5, 0.6) is 0 Å². The molecular weight excluding hydrogens is 688 g/mol. The van der Waals surface area contributed by atoms with Gasteiger partial charge in [-0.3, -0.25) is 28.8 Å². The monoisotopic (exact) mass is 752 g/mol. The number of hydrogen-bond acceptors (Lipinski definition) is 7. The Labute approximate surface area is 320 Å². The molecule has 1 aromatic rings. The average Bonchev–Trinajstić information content (AvgIpc) is 3.77. The Hall–Kier alpha value is -3.74. The summed E-state index contributed by atoms with van der Waals surface area (Å²) in [6, 6.07) is -3.73. The lowest BCUT2D eigenvalue weighted by Crippen LogP contribution is -2.63. The van der Waals surface area contributed by atoms with Gasteiger partial charge in [-0.15, -0.1) is 0 Å². The van der Waals surface area contributed by atoms with Gasteiger partial charge >= 0.3 is 0 Å². The number of nitrogens with zero attached hydrogens (tertiary/aromatic N) is 1. The van der Waals surface area contributed by atoms with Crippen molar-refractivity contribution in [2.75, 3.05) is 0 Å². The van der Waals surface area contributed by atoms with Crippen molar-refractivity contribution >= 4 is 35.3 Å². The van der Waals surface area contributed by atoms with Crippen molar-refractivity contribution in [2.24, 2.45) is 17.3 Å². The van der Waals surface area contributed by atoms with Gasteiger partial charge in [-0.05, 0) is 95.0 Å². The second-order valence-corrected chi connectivity index (χ2v) is 17.6. The lowest BCUT2D eigenvalue weighted by molar-refractivity contribution is -0.147. The quantitative estimate of drug-likeness (QED) is 0.154. The summed E-state index contributed by atoms with van der Waals surface area (Å²) in [5, 5.41) is 22.8. The first kappa shape index (κ1) is 41.4. The number of carbonyl (C=O) groups is 6. The van der Waals surface area contributed by atoms with Crippen LogP contribution >= 0.6 is 0 Å². The van der Waals surface area contributed by atoms with E-state index in [0.717, 1.165) is 70.6 Å². The smallest absolute Gasteiger partial charge is 0.269 e. The number of likely N-dealkylation sites (tertiary alicyclic amines) is 1. The fourth-order valence-electron chi connectivity index (χ4n) is 9.04. The second-order valence-electron chi connectivity index (χ2n) is 17.6. The van der Waals surface area contributed by atoms with Gasteiger partial charge in [-0.2, -0.15) is 0 Å². The van der Waals surface area contributed by atoms with Crippen LogP contribution in [-0.4, -0.2) is 92.7 Å². The highest BCUT2D eigenvalue weighted by Gasteiger charge is 2.51. The Balaban J connectivity index is 1.40. The van der Waals surface area contributed by atoms with Crippen LogP contribution in [0, 0.1) is 31.1 Å². The molecule has 300 valence electrons. The minimum atomic E-state index is -1.42. The normalized spacial score (nSPS) is 24.1. The molecule has 0 aromatic carbocycles. The summed E-state index contributed by atoms with van der Waals surface area (Å²) in [5.41, 5.74) is 1.05. The van der Waals surface area contributed by atoms with E-state index in [1.54, 1.807) is 18.7 Å². The minimum absolute atomic E-state index is 0.0617. The van der Waals surface area contributed by atoms with Gasteiger partial charge in [0, 0.05) is 17.8 Å². The molecule has 7 unspecified atom stereocenters. The summed E-state index contributed by atoms with van der Waals surface area (Å²) in [4.78, 5) is 87.6. The summed E-state index contributed by atoms with van der Waals surface area (Å²) < 4.78 is 0. The van der Waals surface area contributed by atoms with Crippen molar-refractivity contribution in [2.45, 2.75) is 181 Å². The molecule has 3 aliphatic carbocycles. The largest absolute Gasteiger partial charge is 0.381 e. The molecule has 0 bridgehead atoms. The van der Waals surface area contributed by atoms with Gasteiger partial charge in [-0.1, -0.05) is 66.2 Å². The Bertz CT molecular complexity index is 1570. The summed E-state index contributed by atoms with van der Waals surface area (Å²) in [6.45, 7) is 12.6. The van der Waals surface area contributed by atoms with E-state index in [-0.39, 0.29) is 41.3 Å². The highest BCUT2D eigenvalue weighted by molar-refractivity contribution is 6.08. The maximum absolute atomic E-state index is 15.0. The number of Topliss-reactive ketones (excluding diaryl/α,β-unsaturated/α-hetero) is 1. The number of aromatic nitrogens is 1. The van der Waals surface area contributed by atoms with E-state index >= 15 is 0 Å². The van der Waals surface area contributed by atoms with Gasteiger partial charge in [0.15, 0.2) is 11.9 Å². The third-order valence-corrected chi connectivity index (χ3v) is 12.3. The van der Waals surface area contributed by atoms with Gasteiger partial charge in [0.05, 0.1) is 11.6 Å². The molecule has 13 nitrogen and oxygen atoms in total. The van der Waals surface area contributed by atoms with Crippen molar-refractivity contribution in [1.29, 1.82) is 0 Å². The molecule has 0 spiro atoms. The topological polar surface area (TPSA) is 190 Å². The molecule has 1 aliphatic heterocycles. The van der Waals surface area contributed by atoms with E-state index in [1.807, 2.05) is 27.7 Å². The van der Waals surface area contributed by atoms with Crippen molar-refractivity contribution in [1.82, 2.24) is 31.2 Å². The van der Waals surface area contributed by atoms with Crippen molar-refractivity contribution < 1.29 is 33.9 Å². The van der Waals surface area contributed by atoms with E-state index in [4.69, 9.17) is 0 Å². The van der Waals surface area contributed by atoms with Gasteiger partial charge < -0.3 is 36.3 Å². The number of rotatable bonds is 14. The number of aliphatic hydroxyl groups is 1. The predicted molar refractivity (Wildman–Crippen MR) is 204 cm³/mol. The molecule has 0 radical (unpaired) electrons. The predicted octanol–water partition coefficient (Wildman–Crippen LogP) is 4.13. The Morgan fingerprint density at radius 3 is 2.13 bits per heavy atom. The number of H-pyrrole nitrogens is 1. The first-order chi connectivity index (χ1) is 25.5. The molecule has 5 rings (SSSR count). The Kier molecular flexibility index (Phi) is 13.3. The molecule has 6 N–H and O–H groups in total. The van der Waals surface area contributed by atoms with Crippen molar-refractivity contribution in [3.05, 3.63) is 22.5 Å². The van der Waals surface area contributed by atoms with Crippen LogP contribution in [0.2, 0.25) is 0 Å². The number of carbonyl (C=O) groups excluding carboxylic acids is 6. The first-order valence-corrected chi connectivity index (χ1v) is 20.5. The standard InChI is InChI=1S/C41H64N6O7/c1-8-14-28(34(49)39(53)43-27-19-20-27)44-36(50)30-21-26-17-12-13-18-29(26)47(30)40(54)35(41(5,6)7)46-37(51)32(25-15-10-9-11-16-25)45-38(52)33-31(24(4)48)22(2)23(3)42-33/h25-30,32,34-35,42,49H,8-21H2,1-7H3,(H,43,53)(H,44,50)(H,45,52)(H,46,51). The lowest BCUT2D eigenvalue weighted by atomic mass is 9.81. The number of aryl methyl sites for hydroxylation is 1. The van der Waals surface area contributed by atoms with Crippen molar-refractivity contribution in [3.63, 3.8) is 0 Å². The molecule has 1 saturated heterocycles. The minimum Gasteiger partial charge on any atom is -0.381 e. The summed E-state index contributed by atoms with van der Waals surface area (Å²) in [5.74, 6) is -2.58. The first-order valence-electron chi connectivity index (χ1n) is 20.5. The number of fused-ring (bicyclic) bond motifs is 1. The molecule has 2 heterocycles. The van der Waals surface area contributed by atoms with E-state index in [9.17, 15) is 33.9 Å². The maximum atomic E-state index is 15.0. The molecule has 1 aromatic heterocycles. The van der Waals surface area contributed by atoms with Gasteiger partial charge in [0.2, 0.25) is 17.7 Å². The molecule has 4 aliphatic rings. The van der Waals surface area contributed by atoms with Crippen LogP contribution in [0.1, 0.15) is 157 Å². The second kappa shape index (κ2) is 17.4. The van der Waals surface area contributed by atoms with Gasteiger partial charge in [0.25, 0.3) is 11.8 Å². The summed E-state index contributed by atoms with van der Waals surface area (Å²) in [6.07, 6.45) is 9.68. The third-order valence-electron chi connectivity index (χ3n) is 12.3. The number of ketones is 1. The van der Waals surface area contributed by atoms with Crippen molar-refractivity contribution in [3.8, 4) is 0 Å². The Morgan fingerprint density at radius 2 is 1.52 bits per heavy atom. The number of aromatic amines is 1. The zero-order valence-electron chi connectivity index (χ0n) is 33.4. The van der Waals surface area contributed by atoms with Gasteiger partial charge in [-0.25, -0.2) is 0 Å². The van der Waals surface area contributed by atoms with E-state index in [2.05, 4.69) is 26.3 Å². The fourth-order valence-corrected chi connectivity index (χ4v) is 9.04. The van der Waals surface area contributed by atoms with Crippen LogP contribution in [0.25, 0.3) is 0 Å². The molecule has 5 amide bonds. The van der Waals surface area contributed by atoms with E-state index in [1.165, 1.54) is 6.92 Å². The van der Waals surface area contributed by atoms with Crippen LogP contribution in [0.4, 0.5) is 0 Å². The number of aliphatic hydroxyl groups excluding tert-OH is 1. The molecule has 13 heteroatoms. The maximum Gasteiger partial charge on any atom is 0.269 e. The number of hydrogen-bond donors (Lipinski definition) is 6. The zero-order chi connectivity index (χ0) is 39.5. The molecule has 3 saturated carbocycles. The Morgan fingerprint density at radius 1 is 0.870 bits per heavy atom. The van der Waals surface area contributed by atoms with Gasteiger partial charge in [0.1, 0.15) is 23.8 Å². The highest BCUT2D eigenvalue weighted by Crippen LogP contribution is 2.41. The fraction of sp³-hybridized carbons (Fsp3) is 0.756. The van der Waals surface area contributed by atoms with Crippen LogP contribution in [0.3, 0.4) is 0 Å². The van der Waals surface area contributed by atoms with E-state index in [0.29, 0.717) is 36.1 Å². The highest BCUT2D eigenvalue weighted by atomic mass is 16.3. The number of nitrogens with one attached hydrogen (secondary N) is 5. The molecular formula is C41H64N6O7. The summed E-state index contributed by atoms with van der Waals surface area (Å²) in [7, 11) is 0. The zero-order valence-corrected chi connectivity index (χ0v) is 33.4. The lowest BCUT2D eigenvalue weighted by Gasteiger charge is -2.40. The van der Waals surface area contributed by atoms with E-state index < -0.39 is 59.3 Å². The van der Waals surface area contributed by atoms with Crippen LogP contribution in [0.15, 0.2) is 0 Å². The molecule has 4 fully saturated rings. The van der Waals surface area contributed by atoms with Crippen LogP contribution in [-0.2, 0) is 19.2 Å². The number of amides is 5. The SMILES string of the molecule is CCCC(NC(=O)C1CC2CCCCC2N1C(=O)C(NC(=O)C(NC(=O)c1[nH]c(C)c(C)c1C(C)=O)C1CCCCC1)C(C)(C)C)C(O)C(=O)NC1CC1.